The molecular weight excluding hydrogens is 312 g/mol. The van der Waals surface area contributed by atoms with Crippen LogP contribution in [-0.2, 0) is 14.3 Å². The number of hydrogen-bond donors (Lipinski definition) is 1. The van der Waals surface area contributed by atoms with Crippen molar-refractivity contribution in [1.82, 2.24) is 10.2 Å². The van der Waals surface area contributed by atoms with Gasteiger partial charge in [-0.05, 0) is 24.5 Å². The molecule has 2 rings (SSSR count). The zero-order valence-electron chi connectivity index (χ0n) is 13.9. The Labute approximate surface area is 140 Å². The minimum atomic E-state index is -0.970. The van der Waals surface area contributed by atoms with Gasteiger partial charge in [-0.2, -0.15) is 0 Å². The van der Waals surface area contributed by atoms with Crippen LogP contribution in [0.4, 0.5) is 0 Å². The maximum atomic E-state index is 12.6. The van der Waals surface area contributed by atoms with Crippen LogP contribution in [0.2, 0.25) is 0 Å². The standard InChI is InChI=1S/C17H20N2O5/c1-10(2)8-13(15(21)18-9-14(20)24-3)19-16(22)11-6-4-5-7-12(11)17(19)23/h4-7,10,13H,8-9H2,1-3H3,(H,18,21). The first kappa shape index (κ1) is 17.7. The maximum absolute atomic E-state index is 12.6. The van der Waals surface area contributed by atoms with Gasteiger partial charge >= 0.3 is 5.97 Å². The van der Waals surface area contributed by atoms with Gasteiger partial charge in [-0.3, -0.25) is 24.1 Å². The van der Waals surface area contributed by atoms with Gasteiger partial charge in [0.05, 0.1) is 18.2 Å². The van der Waals surface area contributed by atoms with Crippen LogP contribution in [0.5, 0.6) is 0 Å². The molecule has 24 heavy (non-hydrogen) atoms. The van der Waals surface area contributed by atoms with E-state index in [1.807, 2.05) is 13.8 Å². The highest BCUT2D eigenvalue weighted by atomic mass is 16.5. The fourth-order valence-electron chi connectivity index (χ4n) is 2.62. The average molecular weight is 332 g/mol. The molecule has 0 spiro atoms. The number of rotatable bonds is 6. The van der Waals surface area contributed by atoms with Crippen LogP contribution in [0.25, 0.3) is 0 Å². The number of nitrogens with one attached hydrogen (secondary N) is 1. The molecule has 3 amide bonds. The molecule has 7 heteroatoms. The lowest BCUT2D eigenvalue weighted by atomic mass is 10.0. The normalized spacial score (nSPS) is 14.6. The van der Waals surface area contributed by atoms with Crippen molar-refractivity contribution in [3.63, 3.8) is 0 Å². The van der Waals surface area contributed by atoms with Crippen molar-refractivity contribution >= 4 is 23.7 Å². The summed E-state index contributed by atoms with van der Waals surface area (Å²) in [5, 5.41) is 2.42. The van der Waals surface area contributed by atoms with Gasteiger partial charge < -0.3 is 10.1 Å². The number of methoxy groups -OCH3 is 1. The molecule has 1 aromatic rings. The van der Waals surface area contributed by atoms with E-state index in [9.17, 15) is 19.2 Å². The number of esters is 1. The minimum Gasteiger partial charge on any atom is -0.468 e. The van der Waals surface area contributed by atoms with Gasteiger partial charge in [-0.1, -0.05) is 26.0 Å². The number of benzene rings is 1. The van der Waals surface area contributed by atoms with E-state index >= 15 is 0 Å². The summed E-state index contributed by atoms with van der Waals surface area (Å²) in [7, 11) is 1.21. The molecule has 7 nitrogen and oxygen atoms in total. The lowest BCUT2D eigenvalue weighted by Gasteiger charge is -2.26. The van der Waals surface area contributed by atoms with Gasteiger partial charge in [0, 0.05) is 0 Å². The average Bonchev–Trinajstić information content (AvgIpc) is 2.81. The summed E-state index contributed by atoms with van der Waals surface area (Å²) in [6, 6.07) is 5.50. The molecule has 0 saturated heterocycles. The zero-order valence-corrected chi connectivity index (χ0v) is 13.9. The predicted octanol–water partition coefficient (Wildman–Crippen LogP) is 0.986. The number of carbonyl (C=O) groups excluding carboxylic acids is 4. The second kappa shape index (κ2) is 7.25. The minimum absolute atomic E-state index is 0.0724. The van der Waals surface area contributed by atoms with E-state index in [0.717, 1.165) is 4.90 Å². The Morgan fingerprint density at radius 2 is 1.67 bits per heavy atom. The van der Waals surface area contributed by atoms with Gasteiger partial charge in [0.15, 0.2) is 0 Å². The third-order valence-corrected chi connectivity index (χ3v) is 3.77. The first-order chi connectivity index (χ1) is 11.4. The predicted molar refractivity (Wildman–Crippen MR) is 85.2 cm³/mol. The number of amides is 3. The van der Waals surface area contributed by atoms with Crippen molar-refractivity contribution in [2.24, 2.45) is 5.92 Å². The van der Waals surface area contributed by atoms with Crippen molar-refractivity contribution in [1.29, 1.82) is 0 Å². The molecule has 0 bridgehead atoms. The summed E-state index contributed by atoms with van der Waals surface area (Å²) in [5.41, 5.74) is 0.578. The number of hydrogen-bond acceptors (Lipinski definition) is 5. The largest absolute Gasteiger partial charge is 0.468 e. The van der Waals surface area contributed by atoms with Gasteiger partial charge in [0.1, 0.15) is 12.6 Å². The summed E-state index contributed by atoms with van der Waals surface area (Å²) >= 11 is 0. The van der Waals surface area contributed by atoms with Gasteiger partial charge in [-0.15, -0.1) is 0 Å². The fourth-order valence-corrected chi connectivity index (χ4v) is 2.62. The highest BCUT2D eigenvalue weighted by Gasteiger charge is 2.42. The smallest absolute Gasteiger partial charge is 0.325 e. The molecule has 1 heterocycles. The van der Waals surface area contributed by atoms with Crippen molar-refractivity contribution in [2.45, 2.75) is 26.3 Å². The summed E-state index contributed by atoms with van der Waals surface area (Å²) in [4.78, 5) is 49.8. The third kappa shape index (κ3) is 3.45. The first-order valence-electron chi connectivity index (χ1n) is 7.68. The second-order valence-electron chi connectivity index (χ2n) is 5.97. The Morgan fingerprint density at radius 3 is 2.12 bits per heavy atom. The molecular formula is C17H20N2O5. The fraction of sp³-hybridized carbons (Fsp3) is 0.412. The summed E-state index contributed by atoms with van der Waals surface area (Å²) in [6.45, 7) is 3.46. The van der Waals surface area contributed by atoms with E-state index in [4.69, 9.17) is 0 Å². The van der Waals surface area contributed by atoms with Crippen molar-refractivity contribution in [3.8, 4) is 0 Å². The highest BCUT2D eigenvalue weighted by molar-refractivity contribution is 6.22. The van der Waals surface area contributed by atoms with Crippen LogP contribution < -0.4 is 5.32 Å². The molecule has 1 aromatic carbocycles. The molecule has 0 radical (unpaired) electrons. The van der Waals surface area contributed by atoms with Crippen LogP contribution in [0, 0.1) is 5.92 Å². The Balaban J connectivity index is 2.26. The molecule has 1 unspecified atom stereocenters. The van der Waals surface area contributed by atoms with Gasteiger partial charge in [0.25, 0.3) is 11.8 Å². The Morgan fingerprint density at radius 1 is 1.12 bits per heavy atom. The Hall–Kier alpha value is -2.70. The molecule has 0 saturated carbocycles. The third-order valence-electron chi connectivity index (χ3n) is 3.77. The quantitative estimate of drug-likeness (QED) is 0.619. The van der Waals surface area contributed by atoms with Crippen LogP contribution in [0.3, 0.4) is 0 Å². The monoisotopic (exact) mass is 332 g/mol. The van der Waals surface area contributed by atoms with E-state index in [1.54, 1.807) is 24.3 Å². The zero-order chi connectivity index (χ0) is 17.9. The maximum Gasteiger partial charge on any atom is 0.325 e. The summed E-state index contributed by atoms with van der Waals surface area (Å²) in [6.07, 6.45) is 0.304. The van der Waals surface area contributed by atoms with Crippen LogP contribution in [-0.4, -0.2) is 48.3 Å². The second-order valence-corrected chi connectivity index (χ2v) is 5.97. The van der Waals surface area contributed by atoms with Crippen LogP contribution in [0.1, 0.15) is 41.0 Å². The number of carbonyl (C=O) groups is 4. The molecule has 1 atom stereocenters. The van der Waals surface area contributed by atoms with Gasteiger partial charge in [0.2, 0.25) is 5.91 Å². The summed E-state index contributed by atoms with van der Waals surface area (Å²) < 4.78 is 4.48. The number of fused-ring (bicyclic) bond motifs is 1. The molecule has 0 aliphatic carbocycles. The topological polar surface area (TPSA) is 92.8 Å². The SMILES string of the molecule is COC(=O)CNC(=O)C(CC(C)C)N1C(=O)c2ccccc2C1=O. The van der Waals surface area contributed by atoms with Gasteiger partial charge in [-0.25, -0.2) is 0 Å². The van der Waals surface area contributed by atoms with E-state index < -0.39 is 29.7 Å². The molecule has 0 aromatic heterocycles. The lowest BCUT2D eigenvalue weighted by molar-refractivity contribution is -0.141. The molecule has 1 aliphatic rings. The van der Waals surface area contributed by atoms with Crippen LogP contribution in [0.15, 0.2) is 24.3 Å². The Kier molecular flexibility index (Phi) is 5.33. The molecule has 1 N–H and O–H groups in total. The van der Waals surface area contributed by atoms with E-state index in [2.05, 4.69) is 10.1 Å². The first-order valence-corrected chi connectivity index (χ1v) is 7.68. The molecule has 1 aliphatic heterocycles. The van der Waals surface area contributed by atoms with Crippen molar-refractivity contribution < 1.29 is 23.9 Å². The highest BCUT2D eigenvalue weighted by Crippen LogP contribution is 2.26. The van der Waals surface area contributed by atoms with E-state index in [1.165, 1.54) is 7.11 Å². The summed E-state index contributed by atoms with van der Waals surface area (Å²) in [5.74, 6) is -2.07. The number of ether oxygens (including phenoxy) is 1. The van der Waals surface area contributed by atoms with E-state index in [0.29, 0.717) is 6.42 Å². The van der Waals surface area contributed by atoms with Crippen LogP contribution >= 0.6 is 0 Å². The lowest BCUT2D eigenvalue weighted by Crippen LogP contribution is -2.51. The van der Waals surface area contributed by atoms with Crippen molar-refractivity contribution in [3.05, 3.63) is 35.4 Å². The molecule has 0 fully saturated rings. The Bertz CT molecular complexity index is 648. The number of imide groups is 1. The number of nitrogens with zero attached hydrogens (tertiary/aromatic N) is 1. The van der Waals surface area contributed by atoms with E-state index in [-0.39, 0.29) is 23.6 Å². The van der Waals surface area contributed by atoms with Crippen molar-refractivity contribution in [2.75, 3.05) is 13.7 Å². The molecule has 128 valence electrons.